The van der Waals surface area contributed by atoms with Gasteiger partial charge in [0.25, 0.3) is 0 Å². The molecule has 0 fully saturated rings. The Hall–Kier alpha value is -2.49. The highest BCUT2D eigenvalue weighted by atomic mass is 35.5. The van der Waals surface area contributed by atoms with E-state index < -0.39 is 34.4 Å². The highest BCUT2D eigenvalue weighted by Gasteiger charge is 2.31. The molecule has 0 aliphatic carbocycles. The molecule has 1 N–H and O–H groups in total. The lowest BCUT2D eigenvalue weighted by Gasteiger charge is -2.32. The number of likely N-dealkylation sites (N-methyl/N-ethyl adjacent to an activating group) is 1. The van der Waals surface area contributed by atoms with Crippen molar-refractivity contribution in [2.24, 2.45) is 0 Å². The molecule has 33 heavy (non-hydrogen) atoms. The number of aryl methyl sites for hydroxylation is 1. The summed E-state index contributed by atoms with van der Waals surface area (Å²) < 4.78 is 31.6. The number of methoxy groups -OCH3 is 1. The van der Waals surface area contributed by atoms with E-state index in [2.05, 4.69) is 5.32 Å². The maximum atomic E-state index is 13.5. The van der Waals surface area contributed by atoms with Gasteiger partial charge in [0.05, 0.1) is 19.1 Å². The number of rotatable bonds is 9. The Morgan fingerprint density at radius 1 is 1.15 bits per heavy atom. The molecule has 0 heterocycles. The fourth-order valence-electron chi connectivity index (χ4n) is 3.23. The van der Waals surface area contributed by atoms with Gasteiger partial charge in [-0.2, -0.15) is 0 Å². The van der Waals surface area contributed by atoms with Crippen LogP contribution in [0.3, 0.4) is 0 Å². The second kappa shape index (κ2) is 11.1. The third kappa shape index (κ3) is 6.52. The van der Waals surface area contributed by atoms with Gasteiger partial charge in [-0.15, -0.1) is 0 Å². The SMILES string of the molecule is CNC(=O)C(C)N(Cc1c(Cl)cccc1Cl)C(=O)CN(c1cc(C)ccc1OC)S(C)(=O)=O. The summed E-state index contributed by atoms with van der Waals surface area (Å²) in [4.78, 5) is 27.1. The average Bonchev–Trinajstić information content (AvgIpc) is 2.75. The van der Waals surface area contributed by atoms with Crippen LogP contribution in [-0.4, -0.2) is 58.1 Å². The van der Waals surface area contributed by atoms with Crippen molar-refractivity contribution in [2.75, 3.05) is 31.3 Å². The number of anilines is 1. The standard InChI is InChI=1S/C22H27Cl2N3O5S/c1-14-9-10-20(32-4)19(11-14)27(33(5,30)31)13-21(28)26(15(2)22(29)25-3)12-16-17(23)7-6-8-18(16)24/h6-11,15H,12-13H2,1-5H3,(H,25,29). The van der Waals surface area contributed by atoms with Crippen LogP contribution >= 0.6 is 23.2 Å². The smallest absolute Gasteiger partial charge is 0.244 e. The molecule has 0 aromatic heterocycles. The van der Waals surface area contributed by atoms with Crippen molar-refractivity contribution in [3.63, 3.8) is 0 Å². The van der Waals surface area contributed by atoms with Crippen molar-refractivity contribution in [3.05, 3.63) is 57.6 Å². The lowest BCUT2D eigenvalue weighted by atomic mass is 10.1. The number of ether oxygens (including phenoxy) is 1. The Balaban J connectivity index is 2.51. The number of benzene rings is 2. The number of amides is 2. The van der Waals surface area contributed by atoms with E-state index in [1.165, 1.54) is 19.1 Å². The molecule has 0 spiro atoms. The summed E-state index contributed by atoms with van der Waals surface area (Å²) in [7, 11) is -1.02. The monoisotopic (exact) mass is 515 g/mol. The average molecular weight is 516 g/mol. The maximum absolute atomic E-state index is 13.5. The van der Waals surface area contributed by atoms with E-state index in [1.807, 2.05) is 0 Å². The van der Waals surface area contributed by atoms with E-state index in [0.717, 1.165) is 16.1 Å². The fraction of sp³-hybridized carbons (Fsp3) is 0.364. The van der Waals surface area contributed by atoms with Crippen LogP contribution in [0.2, 0.25) is 10.0 Å². The van der Waals surface area contributed by atoms with Gasteiger partial charge in [-0.3, -0.25) is 13.9 Å². The molecule has 0 bridgehead atoms. The quantitative estimate of drug-likeness (QED) is 0.552. The van der Waals surface area contributed by atoms with Gasteiger partial charge in [-0.1, -0.05) is 35.3 Å². The topological polar surface area (TPSA) is 96.0 Å². The lowest BCUT2D eigenvalue weighted by molar-refractivity contribution is -0.139. The number of nitrogens with one attached hydrogen (secondary N) is 1. The Morgan fingerprint density at radius 2 is 1.76 bits per heavy atom. The first-order chi connectivity index (χ1) is 15.4. The number of hydrogen-bond acceptors (Lipinski definition) is 5. The summed E-state index contributed by atoms with van der Waals surface area (Å²) in [6.07, 6.45) is 1.000. The van der Waals surface area contributed by atoms with Gasteiger partial charge in [-0.05, 0) is 43.7 Å². The summed E-state index contributed by atoms with van der Waals surface area (Å²) >= 11 is 12.6. The minimum atomic E-state index is -3.88. The van der Waals surface area contributed by atoms with E-state index in [0.29, 0.717) is 21.4 Å². The number of halogens is 2. The first kappa shape index (κ1) is 26.8. The molecule has 2 aromatic carbocycles. The second-order valence-corrected chi connectivity index (χ2v) is 10.2. The van der Waals surface area contributed by atoms with E-state index in [4.69, 9.17) is 27.9 Å². The first-order valence-electron chi connectivity index (χ1n) is 9.97. The third-order valence-electron chi connectivity index (χ3n) is 5.09. The molecular formula is C22H27Cl2N3O5S. The summed E-state index contributed by atoms with van der Waals surface area (Å²) in [6.45, 7) is 2.70. The molecule has 0 radical (unpaired) electrons. The van der Waals surface area contributed by atoms with Crippen LogP contribution in [0.15, 0.2) is 36.4 Å². The summed E-state index contributed by atoms with van der Waals surface area (Å²) in [5, 5.41) is 3.15. The predicted octanol–water partition coefficient (Wildman–Crippen LogP) is 3.24. The highest BCUT2D eigenvalue weighted by Crippen LogP contribution is 2.32. The molecule has 180 valence electrons. The number of carbonyl (C=O) groups is 2. The van der Waals surface area contributed by atoms with Gasteiger partial charge in [-0.25, -0.2) is 8.42 Å². The Labute approximate surface area is 204 Å². The highest BCUT2D eigenvalue weighted by molar-refractivity contribution is 7.92. The third-order valence-corrected chi connectivity index (χ3v) is 6.92. The molecule has 11 heteroatoms. The fourth-order valence-corrected chi connectivity index (χ4v) is 4.60. The van der Waals surface area contributed by atoms with E-state index in [1.54, 1.807) is 50.2 Å². The molecule has 2 aromatic rings. The second-order valence-electron chi connectivity index (χ2n) is 7.46. The van der Waals surface area contributed by atoms with Crippen LogP contribution in [0.5, 0.6) is 5.75 Å². The van der Waals surface area contributed by atoms with Crippen LogP contribution in [0, 0.1) is 6.92 Å². The molecule has 8 nitrogen and oxygen atoms in total. The zero-order valence-corrected chi connectivity index (χ0v) is 21.4. The molecular weight excluding hydrogens is 489 g/mol. The van der Waals surface area contributed by atoms with Crippen molar-refractivity contribution in [1.82, 2.24) is 10.2 Å². The molecule has 0 aliphatic heterocycles. The van der Waals surface area contributed by atoms with Crippen LogP contribution in [-0.2, 0) is 26.2 Å². The van der Waals surface area contributed by atoms with Gasteiger partial charge in [0, 0.05) is 29.2 Å². The first-order valence-corrected chi connectivity index (χ1v) is 12.6. The number of nitrogens with zero attached hydrogens (tertiary/aromatic N) is 2. The molecule has 2 rings (SSSR count). The van der Waals surface area contributed by atoms with Crippen molar-refractivity contribution >= 4 is 50.7 Å². The van der Waals surface area contributed by atoms with Crippen LogP contribution in [0.1, 0.15) is 18.1 Å². The zero-order valence-electron chi connectivity index (χ0n) is 19.1. The molecule has 0 aliphatic rings. The summed E-state index contributed by atoms with van der Waals surface area (Å²) in [5.74, 6) is -0.750. The Kier molecular flexibility index (Phi) is 8.99. The molecule has 1 unspecified atom stereocenters. The number of sulfonamides is 1. The van der Waals surface area contributed by atoms with E-state index in [9.17, 15) is 18.0 Å². The minimum absolute atomic E-state index is 0.0888. The zero-order chi connectivity index (χ0) is 24.9. The summed E-state index contributed by atoms with van der Waals surface area (Å²) in [5.41, 5.74) is 1.45. The van der Waals surface area contributed by atoms with Crippen molar-refractivity contribution in [1.29, 1.82) is 0 Å². The number of hydrogen-bond donors (Lipinski definition) is 1. The van der Waals surface area contributed by atoms with Gasteiger partial charge >= 0.3 is 0 Å². The predicted molar refractivity (Wildman–Crippen MR) is 130 cm³/mol. The Bertz CT molecular complexity index is 1120. The van der Waals surface area contributed by atoms with E-state index >= 15 is 0 Å². The van der Waals surface area contributed by atoms with Gasteiger partial charge in [0.2, 0.25) is 21.8 Å². The van der Waals surface area contributed by atoms with E-state index in [-0.39, 0.29) is 12.2 Å². The molecule has 2 amide bonds. The van der Waals surface area contributed by atoms with Crippen LogP contribution < -0.4 is 14.4 Å². The molecule has 0 saturated heterocycles. The molecule has 0 saturated carbocycles. The van der Waals surface area contributed by atoms with Crippen molar-refractivity contribution in [2.45, 2.75) is 26.4 Å². The van der Waals surface area contributed by atoms with Gasteiger partial charge in [0.1, 0.15) is 18.3 Å². The van der Waals surface area contributed by atoms with Gasteiger partial charge in [0.15, 0.2) is 0 Å². The largest absolute Gasteiger partial charge is 0.495 e. The lowest BCUT2D eigenvalue weighted by Crippen LogP contribution is -2.50. The number of carbonyl (C=O) groups excluding carboxylic acids is 2. The Morgan fingerprint density at radius 3 is 2.27 bits per heavy atom. The van der Waals surface area contributed by atoms with Crippen molar-refractivity contribution in [3.8, 4) is 5.75 Å². The minimum Gasteiger partial charge on any atom is -0.495 e. The molecule has 1 atom stereocenters. The van der Waals surface area contributed by atoms with Crippen molar-refractivity contribution < 1.29 is 22.7 Å². The van der Waals surface area contributed by atoms with Crippen LogP contribution in [0.4, 0.5) is 5.69 Å². The maximum Gasteiger partial charge on any atom is 0.244 e. The van der Waals surface area contributed by atoms with Crippen LogP contribution in [0.25, 0.3) is 0 Å². The normalized spacial score (nSPS) is 12.1. The summed E-state index contributed by atoms with van der Waals surface area (Å²) in [6, 6.07) is 9.00. The van der Waals surface area contributed by atoms with Gasteiger partial charge < -0.3 is 15.0 Å².